The van der Waals surface area contributed by atoms with Crippen LogP contribution < -0.4 is 10.1 Å². The van der Waals surface area contributed by atoms with Gasteiger partial charge in [-0.2, -0.15) is 0 Å². The molecule has 2 aromatic carbocycles. The Bertz CT molecular complexity index is 1050. The predicted molar refractivity (Wildman–Crippen MR) is 121 cm³/mol. The molecule has 0 radical (unpaired) electrons. The fraction of sp³-hybridized carbons (Fsp3) is 0.208. The number of ether oxygens (including phenoxy) is 1. The molecule has 0 saturated heterocycles. The Morgan fingerprint density at radius 1 is 1.10 bits per heavy atom. The standard InChI is InChI=1S/C22H19ClN2O4.C2H6/c1-13-10-19(21(24-12-13)29-18-5-3-4-17(23)11-18)20(26)25-14(2)15-6-8-16(9-7-15)22(27)28;1-2/h3-12,14H,1-2H3,(H,25,26)(H,27,28);1-2H3. The van der Waals surface area contributed by atoms with Gasteiger partial charge in [0.05, 0.1) is 11.6 Å². The highest BCUT2D eigenvalue weighted by Gasteiger charge is 2.18. The molecule has 0 spiro atoms. The van der Waals surface area contributed by atoms with E-state index in [1.165, 1.54) is 12.1 Å². The van der Waals surface area contributed by atoms with E-state index in [-0.39, 0.29) is 23.4 Å². The summed E-state index contributed by atoms with van der Waals surface area (Å²) in [4.78, 5) is 28.1. The molecule has 1 amide bonds. The van der Waals surface area contributed by atoms with Crippen LogP contribution in [0.15, 0.2) is 60.8 Å². The first-order chi connectivity index (χ1) is 14.8. The molecule has 0 aliphatic carbocycles. The first-order valence-electron chi connectivity index (χ1n) is 9.87. The second-order valence-corrected chi connectivity index (χ2v) is 6.98. The van der Waals surface area contributed by atoms with E-state index in [9.17, 15) is 9.59 Å². The van der Waals surface area contributed by atoms with Crippen molar-refractivity contribution in [2.45, 2.75) is 33.7 Å². The average Bonchev–Trinajstić information content (AvgIpc) is 2.76. The maximum atomic E-state index is 12.9. The molecule has 7 heteroatoms. The lowest BCUT2D eigenvalue weighted by Crippen LogP contribution is -2.27. The van der Waals surface area contributed by atoms with Crippen molar-refractivity contribution >= 4 is 23.5 Å². The number of benzene rings is 2. The van der Waals surface area contributed by atoms with Crippen molar-refractivity contribution in [3.63, 3.8) is 0 Å². The van der Waals surface area contributed by atoms with Crippen LogP contribution >= 0.6 is 11.6 Å². The number of nitrogens with zero attached hydrogens (tertiary/aromatic N) is 1. The van der Waals surface area contributed by atoms with Gasteiger partial charge < -0.3 is 15.2 Å². The number of aromatic carboxylic acids is 1. The zero-order chi connectivity index (χ0) is 23.0. The number of amides is 1. The van der Waals surface area contributed by atoms with Gasteiger partial charge in [0.1, 0.15) is 11.3 Å². The van der Waals surface area contributed by atoms with Crippen molar-refractivity contribution in [1.82, 2.24) is 10.3 Å². The number of hydrogen-bond donors (Lipinski definition) is 2. The summed E-state index contributed by atoms with van der Waals surface area (Å²) in [5, 5.41) is 12.4. The molecule has 1 aromatic heterocycles. The van der Waals surface area contributed by atoms with Crippen molar-refractivity contribution < 1.29 is 19.4 Å². The Hall–Kier alpha value is -3.38. The third-order valence-electron chi connectivity index (χ3n) is 4.25. The number of halogens is 1. The van der Waals surface area contributed by atoms with Gasteiger partial charge in [-0.05, 0) is 61.4 Å². The van der Waals surface area contributed by atoms with Gasteiger partial charge >= 0.3 is 5.97 Å². The molecule has 1 atom stereocenters. The largest absolute Gasteiger partial charge is 0.478 e. The Labute approximate surface area is 186 Å². The molecule has 1 unspecified atom stereocenters. The van der Waals surface area contributed by atoms with Gasteiger partial charge in [-0.25, -0.2) is 9.78 Å². The fourth-order valence-electron chi connectivity index (χ4n) is 2.71. The lowest BCUT2D eigenvalue weighted by atomic mass is 10.1. The quantitative estimate of drug-likeness (QED) is 0.487. The summed E-state index contributed by atoms with van der Waals surface area (Å²) in [5.41, 5.74) is 2.07. The zero-order valence-corrected chi connectivity index (χ0v) is 18.6. The van der Waals surface area contributed by atoms with Crippen LogP contribution in [0, 0.1) is 6.92 Å². The number of aryl methyl sites for hydroxylation is 1. The summed E-state index contributed by atoms with van der Waals surface area (Å²) in [6, 6.07) is 14.5. The number of aromatic nitrogens is 1. The van der Waals surface area contributed by atoms with Crippen LogP contribution in [0.5, 0.6) is 11.6 Å². The van der Waals surface area contributed by atoms with E-state index in [4.69, 9.17) is 21.4 Å². The number of carbonyl (C=O) groups excluding carboxylic acids is 1. The molecule has 0 fully saturated rings. The molecule has 6 nitrogen and oxygen atoms in total. The van der Waals surface area contributed by atoms with E-state index in [0.29, 0.717) is 16.3 Å². The van der Waals surface area contributed by atoms with Crippen LogP contribution in [0.2, 0.25) is 5.02 Å². The van der Waals surface area contributed by atoms with E-state index in [2.05, 4.69) is 10.3 Å². The SMILES string of the molecule is CC.Cc1cnc(Oc2cccc(Cl)c2)c(C(=O)NC(C)c2ccc(C(=O)O)cc2)c1. The number of carbonyl (C=O) groups is 2. The Kier molecular flexibility index (Phi) is 8.58. The third-order valence-corrected chi connectivity index (χ3v) is 4.48. The molecule has 0 bridgehead atoms. The lowest BCUT2D eigenvalue weighted by Gasteiger charge is -2.16. The maximum absolute atomic E-state index is 12.9. The molecule has 162 valence electrons. The molecular formula is C24H25ClN2O4. The Balaban J connectivity index is 0.00000166. The summed E-state index contributed by atoms with van der Waals surface area (Å²) in [6.45, 7) is 7.65. The monoisotopic (exact) mass is 440 g/mol. The van der Waals surface area contributed by atoms with Gasteiger partial charge in [0.15, 0.2) is 0 Å². The van der Waals surface area contributed by atoms with Gasteiger partial charge in [0.25, 0.3) is 5.91 Å². The van der Waals surface area contributed by atoms with Gasteiger partial charge in [0, 0.05) is 11.2 Å². The minimum Gasteiger partial charge on any atom is -0.478 e. The van der Waals surface area contributed by atoms with E-state index >= 15 is 0 Å². The van der Waals surface area contributed by atoms with Gasteiger partial charge in [-0.3, -0.25) is 4.79 Å². The minimum absolute atomic E-state index is 0.170. The fourth-order valence-corrected chi connectivity index (χ4v) is 2.90. The van der Waals surface area contributed by atoms with E-state index in [0.717, 1.165) is 11.1 Å². The highest BCUT2D eigenvalue weighted by molar-refractivity contribution is 6.30. The lowest BCUT2D eigenvalue weighted by molar-refractivity contribution is 0.0696. The van der Waals surface area contributed by atoms with Crippen molar-refractivity contribution in [2.24, 2.45) is 0 Å². The first-order valence-corrected chi connectivity index (χ1v) is 10.3. The van der Waals surface area contributed by atoms with Crippen LogP contribution in [0.4, 0.5) is 0 Å². The van der Waals surface area contributed by atoms with E-state index in [1.807, 2.05) is 27.7 Å². The second kappa shape index (κ2) is 11.1. The number of rotatable bonds is 6. The van der Waals surface area contributed by atoms with Crippen molar-refractivity contribution in [2.75, 3.05) is 0 Å². The molecule has 3 rings (SSSR count). The van der Waals surface area contributed by atoms with Crippen LogP contribution in [0.1, 0.15) is 58.7 Å². The van der Waals surface area contributed by atoms with Crippen LogP contribution in [-0.4, -0.2) is 22.0 Å². The normalized spacial score (nSPS) is 11.0. The Morgan fingerprint density at radius 2 is 1.77 bits per heavy atom. The highest BCUT2D eigenvalue weighted by Crippen LogP contribution is 2.26. The number of nitrogens with one attached hydrogen (secondary N) is 1. The summed E-state index contributed by atoms with van der Waals surface area (Å²) >= 11 is 5.99. The molecule has 2 N–H and O–H groups in total. The minimum atomic E-state index is -0.998. The predicted octanol–water partition coefficient (Wildman–Crippen LogP) is 6.05. The number of carboxylic acids is 1. The molecule has 0 saturated carbocycles. The molecule has 0 aliphatic rings. The number of hydrogen-bond acceptors (Lipinski definition) is 4. The Morgan fingerprint density at radius 3 is 2.39 bits per heavy atom. The van der Waals surface area contributed by atoms with Crippen molar-refractivity contribution in [1.29, 1.82) is 0 Å². The van der Waals surface area contributed by atoms with Crippen molar-refractivity contribution in [3.8, 4) is 11.6 Å². The first kappa shape index (κ1) is 23.9. The van der Waals surface area contributed by atoms with E-state index in [1.54, 1.807) is 48.7 Å². The maximum Gasteiger partial charge on any atom is 0.335 e. The second-order valence-electron chi connectivity index (χ2n) is 6.55. The van der Waals surface area contributed by atoms with Crippen LogP contribution in [-0.2, 0) is 0 Å². The molecule has 0 aliphatic heterocycles. The summed E-state index contributed by atoms with van der Waals surface area (Å²) in [5.74, 6) is -0.709. The number of pyridine rings is 1. The van der Waals surface area contributed by atoms with Crippen LogP contribution in [0.3, 0.4) is 0 Å². The summed E-state index contributed by atoms with van der Waals surface area (Å²) < 4.78 is 5.77. The molecule has 3 aromatic rings. The molecular weight excluding hydrogens is 416 g/mol. The molecule has 1 heterocycles. The van der Waals surface area contributed by atoms with Gasteiger partial charge in [0.2, 0.25) is 5.88 Å². The van der Waals surface area contributed by atoms with Gasteiger partial charge in [-0.15, -0.1) is 0 Å². The summed E-state index contributed by atoms with van der Waals surface area (Å²) in [6.07, 6.45) is 1.62. The van der Waals surface area contributed by atoms with Crippen molar-refractivity contribution in [3.05, 3.63) is 88.1 Å². The average molecular weight is 441 g/mol. The van der Waals surface area contributed by atoms with Crippen LogP contribution in [0.25, 0.3) is 0 Å². The van der Waals surface area contributed by atoms with Gasteiger partial charge in [-0.1, -0.05) is 43.6 Å². The smallest absolute Gasteiger partial charge is 0.335 e. The molecule has 31 heavy (non-hydrogen) atoms. The topological polar surface area (TPSA) is 88.5 Å². The highest BCUT2D eigenvalue weighted by atomic mass is 35.5. The zero-order valence-electron chi connectivity index (χ0n) is 17.8. The number of carboxylic acid groups (broad SMARTS) is 1. The third kappa shape index (κ3) is 6.55. The van der Waals surface area contributed by atoms with E-state index < -0.39 is 5.97 Å². The summed E-state index contributed by atoms with van der Waals surface area (Å²) in [7, 11) is 0.